The maximum atomic E-state index is 5.06. The molecule has 55 heavy (non-hydrogen) atoms. The van der Waals surface area contributed by atoms with Crippen LogP contribution in [-0.2, 0) is 0 Å². The molecule has 0 saturated carbocycles. The molecule has 0 radical (unpaired) electrons. The van der Waals surface area contributed by atoms with Gasteiger partial charge in [-0.25, -0.2) is 15.0 Å². The van der Waals surface area contributed by atoms with Gasteiger partial charge in [0.05, 0.1) is 16.7 Å². The van der Waals surface area contributed by atoms with Crippen LogP contribution in [0.1, 0.15) is 0 Å². The van der Waals surface area contributed by atoms with Crippen molar-refractivity contribution < 1.29 is 0 Å². The molecule has 0 N–H and O–H groups in total. The van der Waals surface area contributed by atoms with E-state index in [1.807, 2.05) is 72.4 Å². The molecule has 6 heteroatoms. The van der Waals surface area contributed by atoms with Crippen molar-refractivity contribution in [3.8, 4) is 39.9 Å². The molecule has 258 valence electrons. The summed E-state index contributed by atoms with van der Waals surface area (Å²) in [6.07, 6.45) is 0. The number of aromatic nitrogens is 4. The lowest BCUT2D eigenvalue weighted by atomic mass is 10.0. The van der Waals surface area contributed by atoms with Crippen LogP contribution in [0.15, 0.2) is 198 Å². The largest absolute Gasteiger partial charge is 0.310 e. The van der Waals surface area contributed by atoms with Gasteiger partial charge in [-0.15, -0.1) is 0 Å². The van der Waals surface area contributed by atoms with E-state index in [2.05, 4.69) is 137 Å². The molecule has 0 saturated heterocycles. The fourth-order valence-corrected chi connectivity index (χ4v) is 9.06. The van der Waals surface area contributed by atoms with Gasteiger partial charge in [0.25, 0.3) is 0 Å². The summed E-state index contributed by atoms with van der Waals surface area (Å²) in [5.74, 6) is 1.94. The van der Waals surface area contributed by atoms with Crippen molar-refractivity contribution >= 4 is 61.4 Å². The first-order valence-electron chi connectivity index (χ1n) is 18.4. The van der Waals surface area contributed by atoms with Crippen LogP contribution < -0.4 is 4.90 Å². The Morgan fingerprint density at radius 1 is 0.418 bits per heavy atom. The number of rotatable bonds is 6. The van der Waals surface area contributed by atoms with Crippen LogP contribution in [0.25, 0.3) is 72.4 Å². The Morgan fingerprint density at radius 2 is 0.982 bits per heavy atom. The van der Waals surface area contributed by atoms with Crippen molar-refractivity contribution in [3.05, 3.63) is 188 Å². The van der Waals surface area contributed by atoms with Crippen molar-refractivity contribution in [2.45, 2.75) is 9.79 Å². The first-order valence-corrected chi connectivity index (χ1v) is 19.2. The smallest absolute Gasteiger partial charge is 0.164 e. The number of fused-ring (bicyclic) bond motifs is 7. The van der Waals surface area contributed by atoms with E-state index in [1.165, 1.54) is 37.5 Å². The molecule has 8 aromatic carbocycles. The Labute approximate surface area is 322 Å². The minimum absolute atomic E-state index is 0.642. The molecular formula is C49H31N5S. The third-order valence-corrected chi connectivity index (χ3v) is 11.4. The van der Waals surface area contributed by atoms with Crippen molar-refractivity contribution in [2.24, 2.45) is 0 Å². The summed E-state index contributed by atoms with van der Waals surface area (Å²) in [6, 6.07) is 66.2. The number of anilines is 3. The van der Waals surface area contributed by atoms with Crippen molar-refractivity contribution in [3.63, 3.8) is 0 Å². The monoisotopic (exact) mass is 721 g/mol. The van der Waals surface area contributed by atoms with Gasteiger partial charge in [-0.2, -0.15) is 0 Å². The third kappa shape index (κ3) is 5.30. The number of nitrogens with zero attached hydrogens (tertiary/aromatic N) is 5. The van der Waals surface area contributed by atoms with E-state index in [4.69, 9.17) is 15.0 Å². The van der Waals surface area contributed by atoms with E-state index < -0.39 is 0 Å². The summed E-state index contributed by atoms with van der Waals surface area (Å²) < 4.78 is 2.46. The van der Waals surface area contributed by atoms with Crippen LogP contribution in [0.2, 0.25) is 0 Å². The molecule has 10 aromatic rings. The Hall–Kier alpha value is -7.02. The Bertz CT molecular complexity index is 2960. The van der Waals surface area contributed by atoms with Gasteiger partial charge < -0.3 is 9.47 Å². The predicted molar refractivity (Wildman–Crippen MR) is 227 cm³/mol. The highest BCUT2D eigenvalue weighted by atomic mass is 32.2. The number of hydrogen-bond acceptors (Lipinski definition) is 5. The fraction of sp³-hybridized carbons (Fsp3) is 0. The molecule has 1 aliphatic heterocycles. The molecule has 0 unspecified atom stereocenters. The highest BCUT2D eigenvalue weighted by molar-refractivity contribution is 7.99. The molecule has 0 aliphatic carbocycles. The zero-order valence-electron chi connectivity index (χ0n) is 29.5. The van der Waals surface area contributed by atoms with Crippen molar-refractivity contribution in [2.75, 3.05) is 4.90 Å². The van der Waals surface area contributed by atoms with Crippen LogP contribution in [0.5, 0.6) is 0 Å². The molecule has 11 rings (SSSR count). The summed E-state index contributed by atoms with van der Waals surface area (Å²) in [6.45, 7) is 0. The van der Waals surface area contributed by atoms with Gasteiger partial charge >= 0.3 is 0 Å². The van der Waals surface area contributed by atoms with Gasteiger partial charge in [-0.05, 0) is 71.4 Å². The highest BCUT2D eigenvalue weighted by Crippen LogP contribution is 2.51. The zero-order valence-corrected chi connectivity index (χ0v) is 30.4. The second-order valence-corrected chi connectivity index (χ2v) is 14.8. The predicted octanol–water partition coefficient (Wildman–Crippen LogP) is 13.1. The molecule has 2 aromatic heterocycles. The lowest BCUT2D eigenvalue weighted by Gasteiger charge is -2.27. The second-order valence-electron chi connectivity index (χ2n) is 13.7. The first-order chi connectivity index (χ1) is 27.3. The van der Waals surface area contributed by atoms with Crippen LogP contribution in [0.4, 0.5) is 17.1 Å². The van der Waals surface area contributed by atoms with E-state index in [1.54, 1.807) is 0 Å². The maximum Gasteiger partial charge on any atom is 0.164 e. The molecular weight excluding hydrogens is 691 g/mol. The molecule has 1 aliphatic rings. The van der Waals surface area contributed by atoms with Gasteiger partial charge in [-0.3, -0.25) is 0 Å². The van der Waals surface area contributed by atoms with Crippen molar-refractivity contribution in [1.82, 2.24) is 19.5 Å². The second kappa shape index (κ2) is 12.8. The molecule has 0 amide bonds. The molecule has 0 bridgehead atoms. The van der Waals surface area contributed by atoms with Gasteiger partial charge in [0.2, 0.25) is 0 Å². The quantitative estimate of drug-likeness (QED) is 0.171. The Balaban J connectivity index is 1.15. The summed E-state index contributed by atoms with van der Waals surface area (Å²) in [5, 5.41) is 4.96. The average Bonchev–Trinajstić information content (AvgIpc) is 3.60. The molecule has 5 nitrogen and oxygen atoms in total. The Kier molecular flexibility index (Phi) is 7.35. The lowest BCUT2D eigenvalue weighted by Crippen LogP contribution is -2.10. The number of benzene rings is 8. The SMILES string of the molecule is c1ccc(-c2nc(-c3ccccc3)nc(-c3ccc4c(c3)Sc3cc(N(c5ccccc5)c5ccccc5)cc5c6c7ccccc7ccc6n-4c35)n2)cc1. The number of hydrogen-bond donors (Lipinski definition) is 0. The van der Waals surface area contributed by atoms with Crippen LogP contribution >= 0.6 is 11.8 Å². The van der Waals surface area contributed by atoms with E-state index in [0.717, 1.165) is 44.3 Å². The highest BCUT2D eigenvalue weighted by Gasteiger charge is 2.27. The van der Waals surface area contributed by atoms with E-state index in [-0.39, 0.29) is 0 Å². The summed E-state index contributed by atoms with van der Waals surface area (Å²) in [4.78, 5) is 19.8. The summed E-state index contributed by atoms with van der Waals surface area (Å²) in [5.41, 5.74) is 9.72. The fourth-order valence-electron chi connectivity index (χ4n) is 7.90. The van der Waals surface area contributed by atoms with Gasteiger partial charge in [0.1, 0.15) is 0 Å². The molecule has 0 spiro atoms. The van der Waals surface area contributed by atoms with Gasteiger partial charge in [-0.1, -0.05) is 139 Å². The van der Waals surface area contributed by atoms with Crippen molar-refractivity contribution in [1.29, 1.82) is 0 Å². The average molecular weight is 722 g/mol. The first kappa shape index (κ1) is 31.5. The van der Waals surface area contributed by atoms with Crippen LogP contribution in [0, 0.1) is 0 Å². The Morgan fingerprint density at radius 3 is 1.62 bits per heavy atom. The number of para-hydroxylation sites is 2. The summed E-state index contributed by atoms with van der Waals surface area (Å²) in [7, 11) is 0. The van der Waals surface area contributed by atoms with Gasteiger partial charge in [0.15, 0.2) is 17.5 Å². The van der Waals surface area contributed by atoms with Gasteiger partial charge in [0, 0.05) is 54.3 Å². The minimum atomic E-state index is 0.642. The van der Waals surface area contributed by atoms with E-state index >= 15 is 0 Å². The topological polar surface area (TPSA) is 46.8 Å². The zero-order chi connectivity index (χ0) is 36.3. The molecule has 0 atom stereocenters. The lowest BCUT2D eigenvalue weighted by molar-refractivity contribution is 1.06. The third-order valence-electron chi connectivity index (χ3n) is 10.4. The van der Waals surface area contributed by atoms with Crippen LogP contribution in [0.3, 0.4) is 0 Å². The minimum Gasteiger partial charge on any atom is -0.310 e. The molecule has 0 fully saturated rings. The standard InChI is InChI=1S/C49H31N5S/c1-5-16-33(17-6-1)47-50-48(34-18-7-2-8-19-34)52-49(51-47)35-26-27-41-43(29-35)55-44-31-38(53(36-20-9-3-10-21-36)37-22-11-4-12-23-37)30-40-45-39-24-14-13-15-32(39)25-28-42(45)54(41)46(40)44/h1-31H. The molecule has 3 heterocycles. The van der Waals surface area contributed by atoms with Crippen LogP contribution in [-0.4, -0.2) is 19.5 Å². The van der Waals surface area contributed by atoms with E-state index in [0.29, 0.717) is 17.5 Å². The van der Waals surface area contributed by atoms with E-state index in [9.17, 15) is 0 Å². The summed E-state index contributed by atoms with van der Waals surface area (Å²) >= 11 is 1.81. The normalized spacial score (nSPS) is 11.9. The maximum absolute atomic E-state index is 5.06.